The van der Waals surface area contributed by atoms with Crippen LogP contribution in [0.4, 0.5) is 0 Å². The third-order valence-corrected chi connectivity index (χ3v) is 2.26. The highest BCUT2D eigenvalue weighted by Gasteiger charge is 2.06. The van der Waals surface area contributed by atoms with E-state index in [4.69, 9.17) is 4.74 Å². The Morgan fingerprint density at radius 2 is 2.19 bits per heavy atom. The molecule has 86 valence electrons. The van der Waals surface area contributed by atoms with Gasteiger partial charge in [0, 0.05) is 7.05 Å². The van der Waals surface area contributed by atoms with Crippen molar-refractivity contribution in [3.63, 3.8) is 0 Å². The summed E-state index contributed by atoms with van der Waals surface area (Å²) in [4.78, 5) is 11.1. The summed E-state index contributed by atoms with van der Waals surface area (Å²) in [5.74, 6) is 5.48. The fourth-order valence-electron chi connectivity index (χ4n) is 1.37. The molecule has 1 aromatic heterocycles. The largest absolute Gasteiger partial charge is 0.465 e. The molecule has 0 aliphatic carbocycles. The maximum atomic E-state index is 11.1. The van der Waals surface area contributed by atoms with E-state index in [0.717, 1.165) is 17.0 Å². The summed E-state index contributed by atoms with van der Waals surface area (Å²) in [5, 5.41) is 4.24. The molecule has 4 nitrogen and oxygen atoms in total. The smallest absolute Gasteiger partial charge is 0.317 e. The average molecular weight is 220 g/mol. The predicted molar refractivity (Wildman–Crippen MR) is 60.8 cm³/mol. The molecule has 0 N–H and O–H groups in total. The van der Waals surface area contributed by atoms with Crippen molar-refractivity contribution >= 4 is 5.97 Å². The number of esters is 1. The van der Waals surface area contributed by atoms with E-state index in [0.29, 0.717) is 6.61 Å². The summed E-state index contributed by atoms with van der Waals surface area (Å²) in [7, 11) is 1.87. The number of aryl methyl sites for hydroxylation is 2. The molecule has 0 bridgehead atoms. The summed E-state index contributed by atoms with van der Waals surface area (Å²) in [5.41, 5.74) is 2.79. The lowest BCUT2D eigenvalue weighted by atomic mass is 10.2. The molecule has 0 aromatic carbocycles. The van der Waals surface area contributed by atoms with Crippen molar-refractivity contribution in [2.45, 2.75) is 27.2 Å². The van der Waals surface area contributed by atoms with Gasteiger partial charge in [0.05, 0.1) is 23.6 Å². The van der Waals surface area contributed by atoms with Crippen molar-refractivity contribution in [3.05, 3.63) is 17.0 Å². The Hall–Kier alpha value is -1.76. The summed E-state index contributed by atoms with van der Waals surface area (Å²) < 4.78 is 6.56. The minimum Gasteiger partial charge on any atom is -0.465 e. The van der Waals surface area contributed by atoms with E-state index in [2.05, 4.69) is 16.9 Å². The van der Waals surface area contributed by atoms with E-state index in [1.165, 1.54) is 0 Å². The Balaban J connectivity index is 2.73. The molecule has 4 heteroatoms. The molecule has 0 saturated carbocycles. The van der Waals surface area contributed by atoms with Crippen LogP contribution in [0.3, 0.4) is 0 Å². The molecular formula is C12H16N2O2. The van der Waals surface area contributed by atoms with Gasteiger partial charge in [-0.05, 0) is 20.8 Å². The molecule has 0 radical (unpaired) electrons. The number of carbonyl (C=O) groups excluding carboxylic acids is 1. The quantitative estimate of drug-likeness (QED) is 0.558. The van der Waals surface area contributed by atoms with Gasteiger partial charge in [0.15, 0.2) is 0 Å². The number of hydrogen-bond acceptors (Lipinski definition) is 3. The molecule has 16 heavy (non-hydrogen) atoms. The average Bonchev–Trinajstić information content (AvgIpc) is 2.45. The molecule has 1 heterocycles. The van der Waals surface area contributed by atoms with Crippen LogP contribution in [-0.2, 0) is 16.6 Å². The molecule has 0 atom stereocenters. The molecule has 0 unspecified atom stereocenters. The Labute approximate surface area is 95.6 Å². The molecule has 1 aromatic rings. The van der Waals surface area contributed by atoms with Crippen LogP contribution in [0.1, 0.15) is 30.3 Å². The first-order valence-electron chi connectivity index (χ1n) is 5.21. The Morgan fingerprint density at radius 1 is 1.50 bits per heavy atom. The fraction of sp³-hybridized carbons (Fsp3) is 0.500. The van der Waals surface area contributed by atoms with Gasteiger partial charge >= 0.3 is 5.97 Å². The van der Waals surface area contributed by atoms with Crippen molar-refractivity contribution < 1.29 is 9.53 Å². The fourth-order valence-corrected chi connectivity index (χ4v) is 1.37. The number of carbonyl (C=O) groups is 1. The van der Waals surface area contributed by atoms with Gasteiger partial charge in [0.2, 0.25) is 0 Å². The first kappa shape index (κ1) is 12.3. The van der Waals surface area contributed by atoms with E-state index >= 15 is 0 Å². The van der Waals surface area contributed by atoms with Gasteiger partial charge in [-0.3, -0.25) is 9.48 Å². The van der Waals surface area contributed by atoms with Gasteiger partial charge in [-0.2, -0.15) is 5.10 Å². The molecular weight excluding hydrogens is 204 g/mol. The van der Waals surface area contributed by atoms with Crippen LogP contribution in [-0.4, -0.2) is 22.4 Å². The maximum Gasteiger partial charge on any atom is 0.317 e. The van der Waals surface area contributed by atoms with Crippen LogP contribution in [0, 0.1) is 25.7 Å². The highest BCUT2D eigenvalue weighted by Crippen LogP contribution is 2.09. The lowest BCUT2D eigenvalue weighted by Crippen LogP contribution is -2.01. The SMILES string of the molecule is CCOC(=O)CC#Cc1c(C)nn(C)c1C. The van der Waals surface area contributed by atoms with E-state index in [9.17, 15) is 4.79 Å². The second-order valence-electron chi connectivity index (χ2n) is 3.45. The summed E-state index contributed by atoms with van der Waals surface area (Å²) in [6.45, 7) is 6.03. The van der Waals surface area contributed by atoms with Crippen LogP contribution in [0.25, 0.3) is 0 Å². The number of aromatic nitrogens is 2. The third kappa shape index (κ3) is 2.86. The number of ether oxygens (including phenoxy) is 1. The molecule has 0 aliphatic heterocycles. The molecule has 0 amide bonds. The zero-order valence-electron chi connectivity index (χ0n) is 10.1. The maximum absolute atomic E-state index is 11.1. The molecule has 0 fully saturated rings. The summed E-state index contributed by atoms with van der Waals surface area (Å²) >= 11 is 0. The normalized spacial score (nSPS) is 9.50. The van der Waals surface area contributed by atoms with E-state index in [-0.39, 0.29) is 12.4 Å². The third-order valence-electron chi connectivity index (χ3n) is 2.26. The minimum absolute atomic E-state index is 0.127. The first-order valence-corrected chi connectivity index (χ1v) is 5.21. The monoisotopic (exact) mass is 220 g/mol. The van der Waals surface area contributed by atoms with Crippen molar-refractivity contribution in [1.82, 2.24) is 9.78 Å². The van der Waals surface area contributed by atoms with Crippen molar-refractivity contribution in [2.75, 3.05) is 6.61 Å². The summed E-state index contributed by atoms with van der Waals surface area (Å²) in [6, 6.07) is 0. The molecule has 0 spiro atoms. The standard InChI is InChI=1S/C12H16N2O2/c1-5-16-12(15)8-6-7-11-9(2)13-14(4)10(11)3/h5,8H2,1-4H3. The number of hydrogen-bond donors (Lipinski definition) is 0. The topological polar surface area (TPSA) is 44.1 Å². The zero-order chi connectivity index (χ0) is 12.1. The minimum atomic E-state index is -0.283. The van der Waals surface area contributed by atoms with Crippen LogP contribution in [0.2, 0.25) is 0 Å². The second-order valence-corrected chi connectivity index (χ2v) is 3.45. The van der Waals surface area contributed by atoms with E-state index < -0.39 is 0 Å². The van der Waals surface area contributed by atoms with Gasteiger partial charge in [-0.15, -0.1) is 0 Å². The van der Waals surface area contributed by atoms with Crippen molar-refractivity contribution in [2.24, 2.45) is 7.05 Å². The highest BCUT2D eigenvalue weighted by atomic mass is 16.5. The van der Waals surface area contributed by atoms with Crippen molar-refractivity contribution in [3.8, 4) is 11.8 Å². The summed E-state index contributed by atoms with van der Waals surface area (Å²) in [6.07, 6.45) is 0.127. The highest BCUT2D eigenvalue weighted by molar-refractivity contribution is 5.72. The number of rotatable bonds is 2. The molecule has 0 aliphatic rings. The van der Waals surface area contributed by atoms with Crippen LogP contribution in [0.5, 0.6) is 0 Å². The second kappa shape index (κ2) is 5.36. The van der Waals surface area contributed by atoms with Gasteiger partial charge in [-0.1, -0.05) is 11.8 Å². The molecule has 1 rings (SSSR count). The van der Waals surface area contributed by atoms with Crippen LogP contribution < -0.4 is 0 Å². The lowest BCUT2D eigenvalue weighted by Gasteiger charge is -1.95. The van der Waals surface area contributed by atoms with E-state index in [1.54, 1.807) is 11.6 Å². The van der Waals surface area contributed by atoms with Crippen LogP contribution in [0.15, 0.2) is 0 Å². The van der Waals surface area contributed by atoms with Crippen LogP contribution >= 0.6 is 0 Å². The Kier molecular flexibility index (Phi) is 4.12. The number of nitrogens with zero attached hydrogens (tertiary/aromatic N) is 2. The van der Waals surface area contributed by atoms with Gasteiger partial charge in [0.25, 0.3) is 0 Å². The van der Waals surface area contributed by atoms with Crippen molar-refractivity contribution in [1.29, 1.82) is 0 Å². The van der Waals surface area contributed by atoms with Gasteiger partial charge < -0.3 is 4.74 Å². The van der Waals surface area contributed by atoms with E-state index in [1.807, 2.05) is 20.9 Å². The predicted octanol–water partition coefficient (Wildman–Crippen LogP) is 1.34. The molecule has 0 saturated heterocycles. The van der Waals surface area contributed by atoms with Gasteiger partial charge in [-0.25, -0.2) is 0 Å². The first-order chi connectivity index (χ1) is 7.56. The Bertz CT molecular complexity index is 450. The lowest BCUT2D eigenvalue weighted by molar-refractivity contribution is -0.141. The zero-order valence-corrected chi connectivity index (χ0v) is 10.1. The van der Waals surface area contributed by atoms with Gasteiger partial charge in [0.1, 0.15) is 6.42 Å². The Morgan fingerprint density at radius 3 is 2.69 bits per heavy atom.